The largest absolute Gasteiger partial charge is 0.504 e. The molecule has 0 bridgehead atoms. The SMILES string of the molecule is ON=C(/C=C/c1ccc(O)c(O)c1)CCCCc1ccccc1. The van der Waals surface area contributed by atoms with E-state index in [4.69, 9.17) is 5.21 Å². The minimum atomic E-state index is -0.169. The van der Waals surface area contributed by atoms with Crippen LogP contribution in [0.25, 0.3) is 6.08 Å². The van der Waals surface area contributed by atoms with E-state index in [9.17, 15) is 10.2 Å². The molecule has 0 aromatic heterocycles. The van der Waals surface area contributed by atoms with Gasteiger partial charge in [-0.15, -0.1) is 0 Å². The van der Waals surface area contributed by atoms with Gasteiger partial charge in [0.05, 0.1) is 5.71 Å². The topological polar surface area (TPSA) is 73.1 Å². The number of oxime groups is 1. The summed E-state index contributed by atoms with van der Waals surface area (Å²) in [7, 11) is 0. The van der Waals surface area contributed by atoms with Crippen molar-refractivity contribution in [3.05, 3.63) is 65.7 Å². The van der Waals surface area contributed by atoms with E-state index in [1.165, 1.54) is 17.7 Å². The zero-order valence-corrected chi connectivity index (χ0v) is 12.9. The van der Waals surface area contributed by atoms with Crippen molar-refractivity contribution in [2.75, 3.05) is 0 Å². The van der Waals surface area contributed by atoms with Crippen molar-refractivity contribution in [2.45, 2.75) is 25.7 Å². The zero-order valence-electron chi connectivity index (χ0n) is 12.9. The summed E-state index contributed by atoms with van der Waals surface area (Å²) in [6, 6.07) is 14.8. The van der Waals surface area contributed by atoms with E-state index in [1.54, 1.807) is 18.2 Å². The average Bonchev–Trinajstić information content (AvgIpc) is 2.58. The summed E-state index contributed by atoms with van der Waals surface area (Å²) in [5.74, 6) is -0.323. The van der Waals surface area contributed by atoms with Gasteiger partial charge in [-0.2, -0.15) is 0 Å². The molecule has 0 unspecified atom stereocenters. The van der Waals surface area contributed by atoms with Crippen molar-refractivity contribution in [1.82, 2.24) is 0 Å². The van der Waals surface area contributed by atoms with E-state index in [2.05, 4.69) is 17.3 Å². The third-order valence-corrected chi connectivity index (χ3v) is 3.59. The van der Waals surface area contributed by atoms with E-state index >= 15 is 0 Å². The van der Waals surface area contributed by atoms with Gasteiger partial charge in [0, 0.05) is 0 Å². The number of hydrogen-bond acceptors (Lipinski definition) is 4. The van der Waals surface area contributed by atoms with Crippen LogP contribution in [-0.4, -0.2) is 21.1 Å². The Labute approximate surface area is 136 Å². The van der Waals surface area contributed by atoms with Crippen LogP contribution in [0, 0.1) is 0 Å². The molecular weight excluding hydrogens is 290 g/mol. The summed E-state index contributed by atoms with van der Waals surface area (Å²) in [5.41, 5.74) is 2.63. The van der Waals surface area contributed by atoms with Gasteiger partial charge in [0.15, 0.2) is 11.5 Å². The molecule has 0 radical (unpaired) electrons. The van der Waals surface area contributed by atoms with Crippen LogP contribution in [0.1, 0.15) is 30.4 Å². The monoisotopic (exact) mass is 311 g/mol. The summed E-state index contributed by atoms with van der Waals surface area (Å²) in [5, 5.41) is 31.1. The van der Waals surface area contributed by atoms with Gasteiger partial charge in [-0.05, 0) is 55.0 Å². The molecule has 0 atom stereocenters. The number of hydrogen-bond donors (Lipinski definition) is 3. The molecule has 0 aliphatic carbocycles. The van der Waals surface area contributed by atoms with E-state index < -0.39 is 0 Å². The fourth-order valence-corrected chi connectivity index (χ4v) is 2.28. The third-order valence-electron chi connectivity index (χ3n) is 3.59. The molecule has 0 saturated carbocycles. The van der Waals surface area contributed by atoms with Crippen molar-refractivity contribution in [3.63, 3.8) is 0 Å². The Kier molecular flexibility index (Phi) is 6.24. The van der Waals surface area contributed by atoms with Crippen molar-refractivity contribution in [3.8, 4) is 11.5 Å². The van der Waals surface area contributed by atoms with Gasteiger partial charge < -0.3 is 15.4 Å². The van der Waals surface area contributed by atoms with Crippen LogP contribution in [0.5, 0.6) is 11.5 Å². The van der Waals surface area contributed by atoms with Crippen LogP contribution >= 0.6 is 0 Å². The van der Waals surface area contributed by atoms with Crippen LogP contribution in [0.2, 0.25) is 0 Å². The molecule has 2 aromatic carbocycles. The number of allylic oxidation sites excluding steroid dienone is 1. The van der Waals surface area contributed by atoms with Crippen LogP contribution in [0.3, 0.4) is 0 Å². The Morgan fingerprint density at radius 1 is 0.957 bits per heavy atom. The number of aromatic hydroxyl groups is 2. The zero-order chi connectivity index (χ0) is 16.5. The lowest BCUT2D eigenvalue weighted by atomic mass is 10.0. The summed E-state index contributed by atoms with van der Waals surface area (Å²) in [4.78, 5) is 0. The summed E-state index contributed by atoms with van der Waals surface area (Å²) >= 11 is 0. The minimum Gasteiger partial charge on any atom is -0.504 e. The van der Waals surface area contributed by atoms with Gasteiger partial charge in [0.2, 0.25) is 0 Å². The van der Waals surface area contributed by atoms with Crippen LogP contribution in [0.4, 0.5) is 0 Å². The van der Waals surface area contributed by atoms with Gasteiger partial charge >= 0.3 is 0 Å². The average molecular weight is 311 g/mol. The first-order chi connectivity index (χ1) is 11.2. The second-order valence-electron chi connectivity index (χ2n) is 5.37. The molecule has 120 valence electrons. The van der Waals surface area contributed by atoms with Crippen LogP contribution < -0.4 is 0 Å². The molecule has 23 heavy (non-hydrogen) atoms. The minimum absolute atomic E-state index is 0.154. The summed E-state index contributed by atoms with van der Waals surface area (Å²) in [6.45, 7) is 0. The molecule has 0 heterocycles. The van der Waals surface area contributed by atoms with Crippen molar-refractivity contribution in [2.24, 2.45) is 5.16 Å². The van der Waals surface area contributed by atoms with Gasteiger partial charge in [0.1, 0.15) is 0 Å². The van der Waals surface area contributed by atoms with E-state index in [0.717, 1.165) is 24.8 Å². The van der Waals surface area contributed by atoms with Gasteiger partial charge in [-0.3, -0.25) is 0 Å². The molecule has 0 amide bonds. The van der Waals surface area contributed by atoms with Crippen molar-refractivity contribution < 1.29 is 15.4 Å². The molecular formula is C19H21NO3. The quantitative estimate of drug-likeness (QED) is 0.234. The number of phenolic OH excluding ortho intramolecular Hbond substituents is 2. The highest BCUT2D eigenvalue weighted by Crippen LogP contribution is 2.25. The smallest absolute Gasteiger partial charge is 0.157 e. The number of aryl methyl sites for hydroxylation is 1. The molecule has 0 aliphatic heterocycles. The molecule has 0 spiro atoms. The molecule has 0 saturated heterocycles. The predicted molar refractivity (Wildman–Crippen MR) is 92.0 cm³/mol. The molecule has 2 aromatic rings. The van der Waals surface area contributed by atoms with Gasteiger partial charge in [0.25, 0.3) is 0 Å². The standard InChI is InChI=1S/C19H21NO3/c21-18-13-11-16(14-19(18)22)10-12-17(20-23)9-5-4-8-15-6-2-1-3-7-15/h1-3,6-7,10-14,21-23H,4-5,8-9H2/b12-10+,20-17?. The van der Waals surface area contributed by atoms with Crippen molar-refractivity contribution >= 4 is 11.8 Å². The van der Waals surface area contributed by atoms with Crippen LogP contribution in [0.15, 0.2) is 59.8 Å². The Morgan fingerprint density at radius 2 is 1.74 bits per heavy atom. The maximum Gasteiger partial charge on any atom is 0.157 e. The maximum absolute atomic E-state index is 9.44. The highest BCUT2D eigenvalue weighted by molar-refractivity contribution is 5.97. The molecule has 4 nitrogen and oxygen atoms in total. The van der Waals surface area contributed by atoms with E-state index in [0.29, 0.717) is 12.1 Å². The highest BCUT2D eigenvalue weighted by Gasteiger charge is 2.00. The Bertz CT molecular complexity index is 678. The first kappa shape index (κ1) is 16.6. The molecule has 2 rings (SSSR count). The number of unbranched alkanes of at least 4 members (excludes halogenated alkanes) is 1. The van der Waals surface area contributed by atoms with E-state index in [-0.39, 0.29) is 11.5 Å². The van der Waals surface area contributed by atoms with Gasteiger partial charge in [-0.25, -0.2) is 0 Å². The Hall–Kier alpha value is -2.75. The fourth-order valence-electron chi connectivity index (χ4n) is 2.28. The lowest BCUT2D eigenvalue weighted by Crippen LogP contribution is -1.95. The molecule has 0 aliphatic rings. The number of rotatable bonds is 7. The first-order valence-electron chi connectivity index (χ1n) is 7.64. The number of nitrogens with zero attached hydrogens (tertiary/aromatic N) is 1. The Morgan fingerprint density at radius 3 is 2.43 bits per heavy atom. The Balaban J connectivity index is 1.81. The van der Waals surface area contributed by atoms with Crippen molar-refractivity contribution in [1.29, 1.82) is 0 Å². The normalized spacial score (nSPS) is 11.9. The lowest BCUT2D eigenvalue weighted by molar-refractivity contribution is 0.318. The number of benzene rings is 2. The number of phenols is 2. The van der Waals surface area contributed by atoms with Crippen LogP contribution in [-0.2, 0) is 6.42 Å². The third kappa shape index (κ3) is 5.51. The molecule has 0 fully saturated rings. The fraction of sp³-hybridized carbons (Fsp3) is 0.211. The second kappa shape index (κ2) is 8.63. The van der Waals surface area contributed by atoms with Gasteiger partial charge in [-0.1, -0.05) is 47.6 Å². The predicted octanol–water partition coefficient (Wildman–Crippen LogP) is 4.35. The second-order valence-corrected chi connectivity index (χ2v) is 5.37. The molecule has 4 heteroatoms. The molecule has 3 N–H and O–H groups in total. The van der Waals surface area contributed by atoms with E-state index in [1.807, 2.05) is 18.2 Å². The summed E-state index contributed by atoms with van der Waals surface area (Å²) < 4.78 is 0. The first-order valence-corrected chi connectivity index (χ1v) is 7.64. The maximum atomic E-state index is 9.44. The highest BCUT2D eigenvalue weighted by atomic mass is 16.4. The lowest BCUT2D eigenvalue weighted by Gasteiger charge is -2.02. The summed E-state index contributed by atoms with van der Waals surface area (Å²) in [6.07, 6.45) is 7.11.